The van der Waals surface area contributed by atoms with E-state index in [-0.39, 0.29) is 5.82 Å². The average Bonchev–Trinajstić information content (AvgIpc) is 2.77. The molecule has 99 valence electrons. The summed E-state index contributed by atoms with van der Waals surface area (Å²) in [4.78, 5) is 0. The predicted octanol–water partition coefficient (Wildman–Crippen LogP) is 3.99. The van der Waals surface area contributed by atoms with Crippen molar-refractivity contribution in [3.63, 3.8) is 0 Å². The van der Waals surface area contributed by atoms with Gasteiger partial charge in [0, 0.05) is 5.56 Å². The van der Waals surface area contributed by atoms with Crippen molar-refractivity contribution in [1.29, 1.82) is 0 Å². The van der Waals surface area contributed by atoms with E-state index in [1.165, 1.54) is 25.7 Å². The maximum atomic E-state index is 13.9. The van der Waals surface area contributed by atoms with E-state index >= 15 is 0 Å². The molecule has 0 heterocycles. The van der Waals surface area contributed by atoms with Gasteiger partial charge >= 0.3 is 0 Å². The van der Waals surface area contributed by atoms with Crippen molar-refractivity contribution < 1.29 is 9.50 Å². The molecule has 1 saturated carbocycles. The molecule has 2 rings (SSSR count). The smallest absolute Gasteiger partial charge is 0.129 e. The van der Waals surface area contributed by atoms with E-state index in [9.17, 15) is 9.50 Å². The number of hydrogen-bond acceptors (Lipinski definition) is 1. The second-order valence-corrected chi connectivity index (χ2v) is 5.86. The van der Waals surface area contributed by atoms with E-state index in [2.05, 4.69) is 6.42 Å². The summed E-state index contributed by atoms with van der Waals surface area (Å²) in [7, 11) is 0. The molecule has 0 spiro atoms. The minimum Gasteiger partial charge on any atom is -0.386 e. The first-order chi connectivity index (χ1) is 8.47. The van der Waals surface area contributed by atoms with Crippen LogP contribution in [0.3, 0.4) is 0 Å². The van der Waals surface area contributed by atoms with Gasteiger partial charge in [0.2, 0.25) is 0 Å². The number of aliphatic hydroxyl groups is 1. The zero-order valence-electron chi connectivity index (χ0n) is 11.2. The van der Waals surface area contributed by atoms with Crippen molar-refractivity contribution in [2.24, 2.45) is 5.92 Å². The molecule has 0 bridgehead atoms. The van der Waals surface area contributed by atoms with E-state index in [1.54, 1.807) is 26.0 Å². The maximum absolute atomic E-state index is 13.9. The molecule has 1 aromatic carbocycles. The van der Waals surface area contributed by atoms with Gasteiger partial charge in [-0.05, 0) is 44.2 Å². The fraction of sp³-hybridized carbons (Fsp3) is 0.562. The lowest BCUT2D eigenvalue weighted by Crippen LogP contribution is -2.17. The quantitative estimate of drug-likeness (QED) is 0.855. The number of rotatable bonds is 4. The molecule has 0 aliphatic heterocycles. The minimum absolute atomic E-state index is 0.306. The van der Waals surface area contributed by atoms with Crippen molar-refractivity contribution in [3.8, 4) is 0 Å². The van der Waals surface area contributed by atoms with Crippen molar-refractivity contribution in [3.05, 3.63) is 41.6 Å². The minimum atomic E-state index is -1.11. The van der Waals surface area contributed by atoms with E-state index in [4.69, 9.17) is 0 Å². The third kappa shape index (κ3) is 3.32. The summed E-state index contributed by atoms with van der Waals surface area (Å²) in [6.07, 6.45) is 8.36. The van der Waals surface area contributed by atoms with Crippen molar-refractivity contribution in [2.75, 3.05) is 0 Å². The molecule has 0 atom stereocenters. The van der Waals surface area contributed by atoms with Crippen LogP contribution in [0.25, 0.3) is 0 Å². The second kappa shape index (κ2) is 5.40. The third-order valence-corrected chi connectivity index (χ3v) is 3.78. The van der Waals surface area contributed by atoms with Crippen LogP contribution in [0.4, 0.5) is 4.39 Å². The van der Waals surface area contributed by atoms with E-state index in [0.717, 1.165) is 12.0 Å². The summed E-state index contributed by atoms with van der Waals surface area (Å²) in [5.41, 5.74) is 0.247. The molecule has 1 radical (unpaired) electrons. The first-order valence-electron chi connectivity index (χ1n) is 6.81. The third-order valence-electron chi connectivity index (χ3n) is 3.78. The van der Waals surface area contributed by atoms with Gasteiger partial charge in [-0.25, -0.2) is 4.39 Å². The lowest BCUT2D eigenvalue weighted by molar-refractivity contribution is 0.0745. The number of hydrogen-bond donors (Lipinski definition) is 1. The van der Waals surface area contributed by atoms with Crippen LogP contribution in [0.2, 0.25) is 0 Å². The topological polar surface area (TPSA) is 20.2 Å². The van der Waals surface area contributed by atoms with E-state index < -0.39 is 5.60 Å². The van der Waals surface area contributed by atoms with Gasteiger partial charge in [-0.1, -0.05) is 37.8 Å². The first kappa shape index (κ1) is 13.5. The summed E-state index contributed by atoms with van der Waals surface area (Å²) in [5, 5.41) is 9.82. The molecule has 1 fully saturated rings. The van der Waals surface area contributed by atoms with Crippen LogP contribution < -0.4 is 0 Å². The monoisotopic (exact) mass is 249 g/mol. The Hall–Kier alpha value is -0.890. The summed E-state index contributed by atoms with van der Waals surface area (Å²) in [5.74, 6) is 0.404. The Bertz CT molecular complexity index is 400. The summed E-state index contributed by atoms with van der Waals surface area (Å²) < 4.78 is 13.9. The maximum Gasteiger partial charge on any atom is 0.129 e. The molecule has 0 aromatic heterocycles. The zero-order chi connectivity index (χ0) is 13.2. The van der Waals surface area contributed by atoms with Gasteiger partial charge < -0.3 is 5.11 Å². The molecule has 1 aliphatic rings. The second-order valence-electron chi connectivity index (χ2n) is 5.86. The SMILES string of the molecule is CC(C)(O)c1ccc(C[CH]C2CCCC2)cc1F. The van der Waals surface area contributed by atoms with Crippen molar-refractivity contribution in [2.45, 2.75) is 51.6 Å². The molecular formula is C16H22FO. The molecule has 1 nitrogen and oxygen atoms in total. The summed E-state index contributed by atoms with van der Waals surface area (Å²) >= 11 is 0. The highest BCUT2D eigenvalue weighted by Crippen LogP contribution is 2.29. The normalized spacial score (nSPS) is 17.3. The Kier molecular flexibility index (Phi) is 4.06. The highest BCUT2D eigenvalue weighted by molar-refractivity contribution is 5.29. The first-order valence-corrected chi connectivity index (χ1v) is 6.81. The van der Waals surface area contributed by atoms with Crippen LogP contribution in [0.5, 0.6) is 0 Å². The van der Waals surface area contributed by atoms with Gasteiger partial charge in [-0.2, -0.15) is 0 Å². The van der Waals surface area contributed by atoms with Crippen LogP contribution in [-0.2, 0) is 12.0 Å². The van der Waals surface area contributed by atoms with Crippen LogP contribution in [-0.4, -0.2) is 5.11 Å². The molecular weight excluding hydrogens is 227 g/mol. The molecule has 0 amide bonds. The standard InChI is InChI=1S/C16H22FO/c1-16(2,18)14-10-9-13(11-15(14)17)8-7-12-5-3-4-6-12/h7,9-12,18H,3-6,8H2,1-2H3. The van der Waals surface area contributed by atoms with E-state index in [0.29, 0.717) is 11.5 Å². The predicted molar refractivity (Wildman–Crippen MR) is 71.6 cm³/mol. The Morgan fingerprint density at radius 2 is 2.00 bits per heavy atom. The molecule has 0 saturated heterocycles. The van der Waals surface area contributed by atoms with Gasteiger partial charge in [0.25, 0.3) is 0 Å². The Balaban J connectivity index is 2.00. The average molecular weight is 249 g/mol. The Labute approximate surface area is 109 Å². The number of halogens is 1. The van der Waals surface area contributed by atoms with Gasteiger partial charge in [0.15, 0.2) is 0 Å². The van der Waals surface area contributed by atoms with Crippen LogP contribution in [0, 0.1) is 18.2 Å². The highest BCUT2D eigenvalue weighted by Gasteiger charge is 2.21. The molecule has 2 heteroatoms. The summed E-state index contributed by atoms with van der Waals surface area (Å²) in [6.45, 7) is 3.21. The highest BCUT2D eigenvalue weighted by atomic mass is 19.1. The molecule has 1 N–H and O–H groups in total. The van der Waals surface area contributed by atoms with Gasteiger partial charge in [0.1, 0.15) is 5.82 Å². The lowest BCUT2D eigenvalue weighted by Gasteiger charge is -2.19. The van der Waals surface area contributed by atoms with Crippen molar-refractivity contribution in [1.82, 2.24) is 0 Å². The molecule has 18 heavy (non-hydrogen) atoms. The van der Waals surface area contributed by atoms with Gasteiger partial charge in [-0.3, -0.25) is 0 Å². The largest absolute Gasteiger partial charge is 0.386 e. The van der Waals surface area contributed by atoms with Crippen LogP contribution in [0.15, 0.2) is 18.2 Å². The summed E-state index contributed by atoms with van der Waals surface area (Å²) in [6, 6.07) is 5.17. The Morgan fingerprint density at radius 3 is 2.56 bits per heavy atom. The Morgan fingerprint density at radius 1 is 1.33 bits per heavy atom. The zero-order valence-corrected chi connectivity index (χ0v) is 11.2. The van der Waals surface area contributed by atoms with Crippen LogP contribution in [0.1, 0.15) is 50.7 Å². The van der Waals surface area contributed by atoms with Gasteiger partial charge in [-0.15, -0.1) is 0 Å². The molecule has 0 unspecified atom stereocenters. The van der Waals surface area contributed by atoms with Crippen LogP contribution >= 0.6 is 0 Å². The fourth-order valence-corrected chi connectivity index (χ4v) is 2.68. The van der Waals surface area contributed by atoms with Gasteiger partial charge in [0.05, 0.1) is 5.60 Å². The van der Waals surface area contributed by atoms with E-state index in [1.807, 2.05) is 6.07 Å². The fourth-order valence-electron chi connectivity index (χ4n) is 2.68. The number of benzene rings is 1. The lowest BCUT2D eigenvalue weighted by atomic mass is 9.93. The molecule has 1 aliphatic carbocycles. The van der Waals surface area contributed by atoms with Crippen molar-refractivity contribution >= 4 is 0 Å². The molecule has 1 aromatic rings.